The molecule has 0 radical (unpaired) electrons. The first-order valence-corrected chi connectivity index (χ1v) is 7.17. The molecule has 102 valence electrons. The third kappa shape index (κ3) is 4.93. The number of thioether (sulfide) groups is 1. The quantitative estimate of drug-likeness (QED) is 0.825. The Morgan fingerprint density at radius 2 is 2.32 bits per heavy atom. The van der Waals surface area contributed by atoms with Crippen LogP contribution in [-0.4, -0.2) is 35.7 Å². The highest BCUT2D eigenvalue weighted by Crippen LogP contribution is 2.10. The molecule has 1 aromatic rings. The number of aliphatic hydroxyl groups is 1. The fourth-order valence-corrected chi connectivity index (χ4v) is 2.10. The normalized spacial score (nSPS) is 11.4. The highest BCUT2D eigenvalue weighted by molar-refractivity contribution is 7.98. The summed E-state index contributed by atoms with van der Waals surface area (Å²) in [6.45, 7) is 1.59. The van der Waals surface area contributed by atoms with Crippen LogP contribution in [0.4, 0.5) is 4.39 Å². The number of amides is 1. The van der Waals surface area contributed by atoms with Crippen molar-refractivity contribution in [3.8, 4) is 11.8 Å². The first-order chi connectivity index (χ1) is 9.08. The van der Waals surface area contributed by atoms with Crippen molar-refractivity contribution in [2.45, 2.75) is 13.0 Å². The summed E-state index contributed by atoms with van der Waals surface area (Å²) in [7, 11) is 0. The molecule has 1 unspecified atom stereocenters. The van der Waals surface area contributed by atoms with Crippen LogP contribution in [0.5, 0.6) is 0 Å². The Bertz CT molecular complexity index is 508. The highest BCUT2D eigenvalue weighted by atomic mass is 32.2. The minimum Gasteiger partial charge on any atom is -0.384 e. The predicted octanol–water partition coefficient (Wildman–Crippen LogP) is 1.65. The molecule has 0 aliphatic heterocycles. The fourth-order valence-electron chi connectivity index (χ4n) is 1.51. The fraction of sp³-hybridized carbons (Fsp3) is 0.357. The summed E-state index contributed by atoms with van der Waals surface area (Å²) in [5, 5.41) is 11.3. The zero-order valence-electron chi connectivity index (χ0n) is 10.9. The van der Waals surface area contributed by atoms with Gasteiger partial charge in [-0.25, -0.2) is 4.39 Å². The maximum Gasteiger partial charge on any atom is 0.254 e. The number of halogens is 1. The second kappa shape index (κ2) is 7.82. The van der Waals surface area contributed by atoms with Crippen LogP contribution in [0.3, 0.4) is 0 Å². The van der Waals surface area contributed by atoms with Gasteiger partial charge in [0.2, 0.25) is 0 Å². The lowest BCUT2D eigenvalue weighted by molar-refractivity contribution is 0.0939. The number of carbonyl (C=O) groups excluding carboxylic acids is 1. The molecule has 0 aliphatic carbocycles. The van der Waals surface area contributed by atoms with Gasteiger partial charge in [-0.1, -0.05) is 11.8 Å². The molecule has 2 N–H and O–H groups in total. The maximum absolute atomic E-state index is 13.8. The zero-order valence-corrected chi connectivity index (χ0v) is 11.7. The molecule has 0 aliphatic rings. The van der Waals surface area contributed by atoms with E-state index >= 15 is 0 Å². The first-order valence-electron chi connectivity index (χ1n) is 5.77. The highest BCUT2D eigenvalue weighted by Gasteiger charge is 2.13. The molecule has 5 heteroatoms. The Kier molecular flexibility index (Phi) is 6.40. The third-order valence-electron chi connectivity index (χ3n) is 2.32. The van der Waals surface area contributed by atoms with E-state index in [-0.39, 0.29) is 18.2 Å². The van der Waals surface area contributed by atoms with Crippen LogP contribution in [-0.2, 0) is 0 Å². The van der Waals surface area contributed by atoms with Crippen LogP contribution < -0.4 is 5.32 Å². The summed E-state index contributed by atoms with van der Waals surface area (Å²) in [5.41, 5.74) is 0.433. The number of hydrogen-bond donors (Lipinski definition) is 2. The minimum absolute atomic E-state index is 0.00232. The van der Waals surface area contributed by atoms with E-state index in [9.17, 15) is 9.18 Å². The number of benzene rings is 1. The Hall–Kier alpha value is -1.51. The van der Waals surface area contributed by atoms with Gasteiger partial charge >= 0.3 is 0 Å². The van der Waals surface area contributed by atoms with Crippen molar-refractivity contribution in [2.24, 2.45) is 0 Å². The van der Waals surface area contributed by atoms with Crippen LogP contribution in [0.15, 0.2) is 18.2 Å². The molecule has 1 atom stereocenters. The van der Waals surface area contributed by atoms with Gasteiger partial charge in [-0.05, 0) is 31.4 Å². The summed E-state index contributed by atoms with van der Waals surface area (Å²) in [4.78, 5) is 11.8. The predicted molar refractivity (Wildman–Crippen MR) is 75.7 cm³/mol. The number of carbonyl (C=O) groups is 1. The topological polar surface area (TPSA) is 49.3 Å². The van der Waals surface area contributed by atoms with E-state index in [4.69, 9.17) is 5.11 Å². The zero-order chi connectivity index (χ0) is 14.3. The monoisotopic (exact) mass is 281 g/mol. The van der Waals surface area contributed by atoms with Crippen molar-refractivity contribution in [3.63, 3.8) is 0 Å². The minimum atomic E-state index is -0.612. The van der Waals surface area contributed by atoms with Crippen molar-refractivity contribution >= 4 is 17.7 Å². The van der Waals surface area contributed by atoms with E-state index < -0.39 is 11.7 Å². The van der Waals surface area contributed by atoms with E-state index in [1.54, 1.807) is 17.8 Å². The van der Waals surface area contributed by atoms with E-state index in [2.05, 4.69) is 17.2 Å². The number of nitrogens with one attached hydrogen (secondary N) is 1. The molecular weight excluding hydrogens is 265 g/mol. The molecule has 19 heavy (non-hydrogen) atoms. The molecule has 0 aromatic heterocycles. The van der Waals surface area contributed by atoms with Crippen LogP contribution >= 0.6 is 11.8 Å². The molecule has 0 saturated heterocycles. The second-order valence-electron chi connectivity index (χ2n) is 3.98. The SMILES string of the molecule is CSCC(C)NC(=O)c1ccc(C#CCO)cc1F. The number of aliphatic hydroxyl groups excluding tert-OH is 1. The Morgan fingerprint density at radius 1 is 1.58 bits per heavy atom. The summed E-state index contributed by atoms with van der Waals surface area (Å²) < 4.78 is 13.8. The molecule has 0 spiro atoms. The van der Waals surface area contributed by atoms with Gasteiger partial charge in [0.15, 0.2) is 0 Å². The lowest BCUT2D eigenvalue weighted by Gasteiger charge is -2.12. The molecule has 0 heterocycles. The van der Waals surface area contributed by atoms with Crippen LogP contribution in [0.1, 0.15) is 22.8 Å². The maximum atomic E-state index is 13.8. The van der Waals surface area contributed by atoms with E-state index in [0.29, 0.717) is 5.56 Å². The van der Waals surface area contributed by atoms with Gasteiger partial charge in [0.25, 0.3) is 5.91 Å². The Morgan fingerprint density at radius 3 is 2.89 bits per heavy atom. The molecule has 0 fully saturated rings. The molecule has 0 saturated carbocycles. The first kappa shape index (κ1) is 15.5. The number of rotatable bonds is 4. The van der Waals surface area contributed by atoms with E-state index in [1.807, 2.05) is 13.2 Å². The molecule has 1 rings (SSSR count). The van der Waals surface area contributed by atoms with Crippen molar-refractivity contribution < 1.29 is 14.3 Å². The van der Waals surface area contributed by atoms with Gasteiger partial charge in [-0.3, -0.25) is 4.79 Å². The molecule has 3 nitrogen and oxygen atoms in total. The Labute approximate surface area is 116 Å². The van der Waals surface area contributed by atoms with Gasteiger partial charge in [0.1, 0.15) is 12.4 Å². The summed E-state index contributed by atoms with van der Waals surface area (Å²) in [6.07, 6.45) is 1.94. The summed E-state index contributed by atoms with van der Waals surface area (Å²) >= 11 is 1.61. The molecule has 1 amide bonds. The largest absolute Gasteiger partial charge is 0.384 e. The third-order valence-corrected chi connectivity index (χ3v) is 3.15. The average Bonchev–Trinajstić information content (AvgIpc) is 2.36. The van der Waals surface area contributed by atoms with Crippen LogP contribution in [0.2, 0.25) is 0 Å². The standard InChI is InChI=1S/C14H16FNO2S/c1-10(9-19-2)16-14(18)12-6-5-11(4-3-7-17)8-13(12)15/h5-6,8,10,17H,7,9H2,1-2H3,(H,16,18). The lowest BCUT2D eigenvalue weighted by Crippen LogP contribution is -2.34. The molecule has 1 aromatic carbocycles. The van der Waals surface area contributed by atoms with Crippen LogP contribution in [0.25, 0.3) is 0 Å². The molecule has 0 bridgehead atoms. The van der Waals surface area contributed by atoms with Gasteiger partial charge < -0.3 is 10.4 Å². The van der Waals surface area contributed by atoms with Crippen molar-refractivity contribution in [1.82, 2.24) is 5.32 Å². The van der Waals surface area contributed by atoms with Crippen molar-refractivity contribution in [1.29, 1.82) is 0 Å². The van der Waals surface area contributed by atoms with Gasteiger partial charge in [0, 0.05) is 17.4 Å². The summed E-state index contributed by atoms with van der Waals surface area (Å²) in [5.74, 6) is 4.74. The lowest BCUT2D eigenvalue weighted by atomic mass is 10.1. The number of hydrogen-bond acceptors (Lipinski definition) is 3. The van der Waals surface area contributed by atoms with E-state index in [0.717, 1.165) is 5.75 Å². The second-order valence-corrected chi connectivity index (χ2v) is 4.90. The Balaban J connectivity index is 2.81. The average molecular weight is 281 g/mol. The van der Waals surface area contributed by atoms with E-state index in [1.165, 1.54) is 12.1 Å². The van der Waals surface area contributed by atoms with Gasteiger partial charge in [-0.15, -0.1) is 0 Å². The van der Waals surface area contributed by atoms with Crippen molar-refractivity contribution in [3.05, 3.63) is 35.1 Å². The van der Waals surface area contributed by atoms with Gasteiger partial charge in [0.05, 0.1) is 5.56 Å². The van der Waals surface area contributed by atoms with Crippen molar-refractivity contribution in [2.75, 3.05) is 18.6 Å². The molecular formula is C14H16FNO2S. The smallest absolute Gasteiger partial charge is 0.254 e. The van der Waals surface area contributed by atoms with Crippen LogP contribution in [0, 0.1) is 17.7 Å². The van der Waals surface area contributed by atoms with Gasteiger partial charge in [-0.2, -0.15) is 11.8 Å². The summed E-state index contributed by atoms with van der Waals surface area (Å²) in [6, 6.07) is 4.13.